The molecule has 5 rings (SSSR count). The first kappa shape index (κ1) is 22.3. The number of fused-ring (bicyclic) bond motifs is 1. The summed E-state index contributed by atoms with van der Waals surface area (Å²) in [5, 5.41) is 17.8. The quantitative estimate of drug-likeness (QED) is 0.429. The van der Waals surface area contributed by atoms with Gasteiger partial charge in [0, 0.05) is 41.7 Å². The lowest BCUT2D eigenvalue weighted by atomic mass is 9.95. The predicted octanol–water partition coefficient (Wildman–Crippen LogP) is 4.79. The Morgan fingerprint density at radius 2 is 1.85 bits per heavy atom. The highest BCUT2D eigenvalue weighted by atomic mass is 16.5. The molecule has 0 radical (unpaired) electrons. The van der Waals surface area contributed by atoms with E-state index in [1.54, 1.807) is 0 Å². The van der Waals surface area contributed by atoms with Gasteiger partial charge in [0.1, 0.15) is 17.4 Å². The number of hydrogen-bond acceptors (Lipinski definition) is 7. The van der Waals surface area contributed by atoms with Crippen LogP contribution in [0.15, 0.2) is 42.7 Å². The molecule has 0 amide bonds. The molecule has 1 aliphatic rings. The second-order valence-corrected chi connectivity index (χ2v) is 8.97. The molecule has 0 spiro atoms. The molecule has 0 bridgehead atoms. The lowest BCUT2D eigenvalue weighted by molar-refractivity contribution is 0.0667. The van der Waals surface area contributed by atoms with Crippen molar-refractivity contribution < 1.29 is 9.84 Å². The van der Waals surface area contributed by atoms with Crippen molar-refractivity contribution in [3.05, 3.63) is 59.9 Å². The van der Waals surface area contributed by atoms with E-state index in [0.29, 0.717) is 0 Å². The van der Waals surface area contributed by atoms with E-state index in [9.17, 15) is 5.11 Å². The van der Waals surface area contributed by atoms with Crippen molar-refractivity contribution in [3.8, 4) is 16.9 Å². The summed E-state index contributed by atoms with van der Waals surface area (Å²) < 4.78 is 8.20. The summed E-state index contributed by atoms with van der Waals surface area (Å²) in [5.41, 5.74) is 4.87. The molecule has 34 heavy (non-hydrogen) atoms. The normalized spacial score (nSPS) is 18.2. The number of pyridine rings is 2. The molecule has 4 aromatic rings. The summed E-state index contributed by atoms with van der Waals surface area (Å²) in [7, 11) is 0. The van der Waals surface area contributed by atoms with E-state index < -0.39 is 0 Å². The molecule has 0 aliphatic heterocycles. The minimum atomic E-state index is -0.206. The van der Waals surface area contributed by atoms with E-state index in [0.717, 1.165) is 83.3 Å². The van der Waals surface area contributed by atoms with Crippen LogP contribution in [0.1, 0.15) is 49.8 Å². The van der Waals surface area contributed by atoms with Crippen LogP contribution >= 0.6 is 0 Å². The number of hydrogen-bond donors (Lipinski definition) is 2. The molecule has 4 aromatic heterocycles. The van der Waals surface area contributed by atoms with Gasteiger partial charge in [0.05, 0.1) is 23.9 Å². The SMILES string of the molecule is CCc1nc(C)cc(Nc2cc3cc(-c4cc(C)ncc4O[C@H]4CC[C@H](O)CC4)ccn3n2)n1. The van der Waals surface area contributed by atoms with Gasteiger partial charge < -0.3 is 15.2 Å². The maximum Gasteiger partial charge on any atom is 0.154 e. The van der Waals surface area contributed by atoms with Gasteiger partial charge in [-0.05, 0) is 63.3 Å². The van der Waals surface area contributed by atoms with Crippen molar-refractivity contribution in [1.82, 2.24) is 24.6 Å². The summed E-state index contributed by atoms with van der Waals surface area (Å²) >= 11 is 0. The van der Waals surface area contributed by atoms with E-state index >= 15 is 0 Å². The zero-order valence-electron chi connectivity index (χ0n) is 19.8. The molecule has 0 aromatic carbocycles. The summed E-state index contributed by atoms with van der Waals surface area (Å²) in [6, 6.07) is 10.1. The molecule has 4 heterocycles. The Morgan fingerprint density at radius 1 is 1.03 bits per heavy atom. The summed E-state index contributed by atoms with van der Waals surface area (Å²) in [5.74, 6) is 3.05. The monoisotopic (exact) mass is 458 g/mol. The standard InChI is InChI=1S/C26H30N6O2/c1-4-24-28-17(3)12-25(29-24)30-26-14-19-13-18(9-10-32(19)31-26)22-11-16(2)27-15-23(22)34-21-7-5-20(33)6-8-21/h9-15,20-21,33H,4-8H2,1-3H3,(H,28,29,30,31)/t20-,21-. The van der Waals surface area contributed by atoms with E-state index in [1.165, 1.54) is 0 Å². The molecule has 2 N–H and O–H groups in total. The van der Waals surface area contributed by atoms with E-state index in [4.69, 9.17) is 4.74 Å². The Labute approximate surface area is 199 Å². The molecule has 0 saturated heterocycles. The summed E-state index contributed by atoms with van der Waals surface area (Å²) in [4.78, 5) is 13.5. The largest absolute Gasteiger partial charge is 0.488 e. The van der Waals surface area contributed by atoms with Gasteiger partial charge in [0.15, 0.2) is 5.82 Å². The molecule has 176 valence electrons. The fourth-order valence-corrected chi connectivity index (χ4v) is 4.42. The first-order chi connectivity index (χ1) is 16.5. The fraction of sp³-hybridized carbons (Fsp3) is 0.385. The number of rotatable bonds is 6. The van der Waals surface area contributed by atoms with Crippen LogP contribution < -0.4 is 10.1 Å². The first-order valence-corrected chi connectivity index (χ1v) is 11.9. The van der Waals surface area contributed by atoms with Gasteiger partial charge in [-0.2, -0.15) is 5.10 Å². The Hall–Kier alpha value is -3.52. The van der Waals surface area contributed by atoms with Crippen LogP contribution in [0.25, 0.3) is 16.6 Å². The maximum absolute atomic E-state index is 9.81. The number of aliphatic hydroxyl groups is 1. The topological polar surface area (TPSA) is 97.5 Å². The van der Waals surface area contributed by atoms with Crippen molar-refractivity contribution in [2.45, 2.75) is 65.1 Å². The lowest BCUT2D eigenvalue weighted by Crippen LogP contribution is -2.26. The van der Waals surface area contributed by atoms with Crippen LogP contribution in [-0.2, 0) is 6.42 Å². The second-order valence-electron chi connectivity index (χ2n) is 8.97. The van der Waals surface area contributed by atoms with E-state index in [1.807, 2.05) is 55.9 Å². The molecule has 0 unspecified atom stereocenters. The van der Waals surface area contributed by atoms with E-state index in [2.05, 4.69) is 37.5 Å². The van der Waals surface area contributed by atoms with Gasteiger partial charge in [0.25, 0.3) is 0 Å². The van der Waals surface area contributed by atoms with Crippen LogP contribution in [-0.4, -0.2) is 41.9 Å². The Balaban J connectivity index is 1.42. The van der Waals surface area contributed by atoms with Crippen molar-refractivity contribution in [3.63, 3.8) is 0 Å². The lowest BCUT2D eigenvalue weighted by Gasteiger charge is -2.27. The minimum absolute atomic E-state index is 0.102. The third kappa shape index (κ3) is 4.87. The van der Waals surface area contributed by atoms with Crippen LogP contribution in [0.2, 0.25) is 0 Å². The van der Waals surface area contributed by atoms with Gasteiger partial charge >= 0.3 is 0 Å². The molecule has 1 fully saturated rings. The smallest absolute Gasteiger partial charge is 0.154 e. The van der Waals surface area contributed by atoms with Gasteiger partial charge in [-0.15, -0.1) is 0 Å². The third-order valence-electron chi connectivity index (χ3n) is 6.19. The van der Waals surface area contributed by atoms with Crippen LogP contribution in [0.3, 0.4) is 0 Å². The number of ether oxygens (including phenoxy) is 1. The van der Waals surface area contributed by atoms with Crippen molar-refractivity contribution >= 4 is 17.2 Å². The van der Waals surface area contributed by atoms with Crippen LogP contribution in [0.5, 0.6) is 5.75 Å². The van der Waals surface area contributed by atoms with Crippen molar-refractivity contribution in [2.24, 2.45) is 0 Å². The summed E-state index contributed by atoms with van der Waals surface area (Å²) in [6.07, 6.45) is 7.71. The van der Waals surface area contributed by atoms with Crippen LogP contribution in [0, 0.1) is 13.8 Å². The molecular weight excluding hydrogens is 428 g/mol. The summed E-state index contributed by atoms with van der Waals surface area (Å²) in [6.45, 7) is 5.99. The zero-order chi connectivity index (χ0) is 23.7. The minimum Gasteiger partial charge on any atom is -0.488 e. The average molecular weight is 459 g/mol. The van der Waals surface area contributed by atoms with Gasteiger partial charge in [0.2, 0.25) is 0 Å². The Bertz CT molecular complexity index is 1310. The molecule has 1 saturated carbocycles. The van der Waals surface area contributed by atoms with Crippen molar-refractivity contribution in [1.29, 1.82) is 0 Å². The number of anilines is 2. The van der Waals surface area contributed by atoms with Gasteiger partial charge in [-0.25, -0.2) is 14.5 Å². The number of aliphatic hydroxyl groups excluding tert-OH is 1. The number of aromatic nitrogens is 5. The highest BCUT2D eigenvalue weighted by Gasteiger charge is 2.22. The Morgan fingerprint density at radius 3 is 2.65 bits per heavy atom. The first-order valence-electron chi connectivity index (χ1n) is 11.9. The molecular formula is C26H30N6O2. The highest BCUT2D eigenvalue weighted by Crippen LogP contribution is 2.34. The number of nitrogens with zero attached hydrogens (tertiary/aromatic N) is 5. The van der Waals surface area contributed by atoms with Gasteiger partial charge in [-0.1, -0.05) is 6.92 Å². The average Bonchev–Trinajstić information content (AvgIpc) is 3.22. The molecule has 1 aliphatic carbocycles. The maximum atomic E-state index is 9.81. The zero-order valence-corrected chi connectivity index (χ0v) is 19.8. The van der Waals surface area contributed by atoms with Crippen molar-refractivity contribution in [2.75, 3.05) is 5.32 Å². The highest BCUT2D eigenvalue weighted by molar-refractivity contribution is 5.75. The predicted molar refractivity (Wildman–Crippen MR) is 131 cm³/mol. The second kappa shape index (κ2) is 9.38. The number of nitrogens with one attached hydrogen (secondary N) is 1. The molecule has 8 heteroatoms. The van der Waals surface area contributed by atoms with E-state index in [-0.39, 0.29) is 12.2 Å². The molecule has 8 nitrogen and oxygen atoms in total. The van der Waals surface area contributed by atoms with Gasteiger partial charge in [-0.3, -0.25) is 4.98 Å². The molecule has 0 atom stereocenters. The number of aryl methyl sites for hydroxylation is 3. The Kier molecular flexibility index (Phi) is 6.15. The third-order valence-corrected chi connectivity index (χ3v) is 6.19. The van der Waals surface area contributed by atoms with Crippen LogP contribution in [0.4, 0.5) is 11.6 Å². The fourth-order valence-electron chi connectivity index (χ4n) is 4.42.